The molecule has 0 aliphatic rings. The molecule has 1 unspecified atom stereocenters. The summed E-state index contributed by atoms with van der Waals surface area (Å²) >= 11 is 0. The van der Waals surface area contributed by atoms with Gasteiger partial charge in [-0.3, -0.25) is 0 Å². The van der Waals surface area contributed by atoms with Crippen molar-refractivity contribution in [2.24, 2.45) is 11.8 Å². The molecule has 0 aromatic heterocycles. The van der Waals surface area contributed by atoms with Crippen molar-refractivity contribution in [3.8, 4) is 0 Å². The third-order valence-corrected chi connectivity index (χ3v) is 2.90. The van der Waals surface area contributed by atoms with E-state index < -0.39 is 0 Å². The van der Waals surface area contributed by atoms with Crippen molar-refractivity contribution >= 4 is 0 Å². The Kier molecular flexibility index (Phi) is 9.12. The first-order chi connectivity index (χ1) is 7.10. The van der Waals surface area contributed by atoms with Crippen molar-refractivity contribution in [3.05, 3.63) is 0 Å². The maximum atomic E-state index is 5.17. The van der Waals surface area contributed by atoms with Crippen LogP contribution in [-0.4, -0.2) is 20.5 Å². The Hall–Kier alpha value is -0.0800. The number of hydrogen-bond acceptors (Lipinski definition) is 2. The zero-order chi connectivity index (χ0) is 11.7. The molecule has 0 amide bonds. The maximum absolute atomic E-state index is 5.17. The van der Waals surface area contributed by atoms with Gasteiger partial charge in [-0.1, -0.05) is 40.0 Å². The number of ether oxygens (including phenoxy) is 2. The summed E-state index contributed by atoms with van der Waals surface area (Å²) in [5.74, 6) is 1.62. The lowest BCUT2D eigenvalue weighted by Crippen LogP contribution is -2.14. The van der Waals surface area contributed by atoms with Gasteiger partial charge in [-0.2, -0.15) is 0 Å². The van der Waals surface area contributed by atoms with Crippen LogP contribution < -0.4 is 0 Å². The highest BCUT2D eigenvalue weighted by Crippen LogP contribution is 2.18. The Morgan fingerprint density at radius 3 is 1.87 bits per heavy atom. The summed E-state index contributed by atoms with van der Waals surface area (Å²) in [6.45, 7) is 6.90. The van der Waals surface area contributed by atoms with Gasteiger partial charge in [-0.25, -0.2) is 0 Å². The molecule has 92 valence electrons. The second kappa shape index (κ2) is 9.17. The van der Waals surface area contributed by atoms with E-state index >= 15 is 0 Å². The minimum absolute atomic E-state index is 0.0162. The lowest BCUT2D eigenvalue weighted by atomic mass is 9.96. The molecule has 1 atom stereocenters. The zero-order valence-electron chi connectivity index (χ0n) is 11.1. The summed E-state index contributed by atoms with van der Waals surface area (Å²) in [5.41, 5.74) is 0. The van der Waals surface area contributed by atoms with Gasteiger partial charge in [-0.15, -0.1) is 0 Å². The van der Waals surface area contributed by atoms with Crippen LogP contribution in [0.2, 0.25) is 0 Å². The molecule has 0 rings (SSSR count). The molecule has 0 aromatic rings. The van der Waals surface area contributed by atoms with Crippen molar-refractivity contribution in [1.82, 2.24) is 0 Å². The van der Waals surface area contributed by atoms with E-state index in [4.69, 9.17) is 9.47 Å². The van der Waals surface area contributed by atoms with Crippen LogP contribution in [0.1, 0.15) is 52.9 Å². The van der Waals surface area contributed by atoms with Gasteiger partial charge >= 0.3 is 0 Å². The molecule has 0 bridgehead atoms. The van der Waals surface area contributed by atoms with E-state index in [0.29, 0.717) is 0 Å². The molecule has 0 heterocycles. The average molecular weight is 216 g/mol. The quantitative estimate of drug-likeness (QED) is 0.545. The van der Waals surface area contributed by atoms with E-state index in [2.05, 4.69) is 20.8 Å². The SMILES string of the molecule is COC(CCC(C)CCCC(C)C)OC. The van der Waals surface area contributed by atoms with E-state index in [1.807, 2.05) is 0 Å². The summed E-state index contributed by atoms with van der Waals surface area (Å²) in [6, 6.07) is 0. The fraction of sp³-hybridized carbons (Fsp3) is 1.00. The molecule has 0 aliphatic carbocycles. The van der Waals surface area contributed by atoms with Crippen molar-refractivity contribution in [2.75, 3.05) is 14.2 Å². The topological polar surface area (TPSA) is 18.5 Å². The minimum atomic E-state index is -0.0162. The number of hydrogen-bond donors (Lipinski definition) is 0. The lowest BCUT2D eigenvalue weighted by molar-refractivity contribution is -0.108. The van der Waals surface area contributed by atoms with Gasteiger partial charge in [0, 0.05) is 14.2 Å². The third-order valence-electron chi connectivity index (χ3n) is 2.90. The molecule has 0 fully saturated rings. The Morgan fingerprint density at radius 2 is 1.40 bits per heavy atom. The smallest absolute Gasteiger partial charge is 0.156 e. The van der Waals surface area contributed by atoms with E-state index in [1.165, 1.54) is 25.7 Å². The first kappa shape index (κ1) is 14.9. The lowest BCUT2D eigenvalue weighted by Gasteiger charge is -2.16. The highest BCUT2D eigenvalue weighted by atomic mass is 16.7. The van der Waals surface area contributed by atoms with Crippen molar-refractivity contribution in [3.63, 3.8) is 0 Å². The predicted octanol–water partition coefficient (Wildman–Crippen LogP) is 3.85. The average Bonchev–Trinajstić information content (AvgIpc) is 2.18. The molecule has 0 saturated carbocycles. The Morgan fingerprint density at radius 1 is 0.800 bits per heavy atom. The van der Waals surface area contributed by atoms with Crippen LogP contribution in [0.25, 0.3) is 0 Å². The van der Waals surface area contributed by atoms with E-state index in [1.54, 1.807) is 14.2 Å². The number of methoxy groups -OCH3 is 2. The van der Waals surface area contributed by atoms with Crippen LogP contribution in [0.4, 0.5) is 0 Å². The monoisotopic (exact) mass is 216 g/mol. The second-order valence-corrected chi connectivity index (χ2v) is 4.91. The molecule has 0 saturated heterocycles. The molecular weight excluding hydrogens is 188 g/mol. The molecule has 0 N–H and O–H groups in total. The number of rotatable bonds is 9. The Labute approximate surface area is 95.3 Å². The Bertz CT molecular complexity index is 130. The van der Waals surface area contributed by atoms with Crippen molar-refractivity contribution in [2.45, 2.75) is 59.2 Å². The molecule has 0 spiro atoms. The van der Waals surface area contributed by atoms with E-state index in [0.717, 1.165) is 18.3 Å². The highest BCUT2D eigenvalue weighted by Gasteiger charge is 2.08. The molecule has 0 aromatic carbocycles. The fourth-order valence-corrected chi connectivity index (χ4v) is 1.77. The highest BCUT2D eigenvalue weighted by molar-refractivity contribution is 4.57. The van der Waals surface area contributed by atoms with Gasteiger partial charge in [0.25, 0.3) is 0 Å². The van der Waals surface area contributed by atoms with E-state index in [9.17, 15) is 0 Å². The van der Waals surface area contributed by atoms with Gasteiger partial charge in [0.05, 0.1) is 0 Å². The second-order valence-electron chi connectivity index (χ2n) is 4.91. The molecule has 2 nitrogen and oxygen atoms in total. The first-order valence-electron chi connectivity index (χ1n) is 6.15. The minimum Gasteiger partial charge on any atom is -0.356 e. The summed E-state index contributed by atoms with van der Waals surface area (Å²) < 4.78 is 10.3. The van der Waals surface area contributed by atoms with E-state index in [-0.39, 0.29) is 6.29 Å². The van der Waals surface area contributed by atoms with Gasteiger partial charge in [0.1, 0.15) is 0 Å². The van der Waals surface area contributed by atoms with Crippen LogP contribution >= 0.6 is 0 Å². The van der Waals surface area contributed by atoms with Gasteiger partial charge in [0.2, 0.25) is 0 Å². The first-order valence-corrected chi connectivity index (χ1v) is 6.15. The largest absolute Gasteiger partial charge is 0.356 e. The zero-order valence-corrected chi connectivity index (χ0v) is 11.1. The fourth-order valence-electron chi connectivity index (χ4n) is 1.77. The van der Waals surface area contributed by atoms with Crippen LogP contribution in [0.15, 0.2) is 0 Å². The van der Waals surface area contributed by atoms with Gasteiger partial charge in [-0.05, 0) is 24.7 Å². The van der Waals surface area contributed by atoms with Crippen molar-refractivity contribution < 1.29 is 9.47 Å². The third kappa shape index (κ3) is 8.88. The predicted molar refractivity (Wildman–Crippen MR) is 64.9 cm³/mol. The molecule has 0 aliphatic heterocycles. The van der Waals surface area contributed by atoms with Gasteiger partial charge < -0.3 is 9.47 Å². The van der Waals surface area contributed by atoms with Gasteiger partial charge in [0.15, 0.2) is 6.29 Å². The normalized spacial score (nSPS) is 13.8. The summed E-state index contributed by atoms with van der Waals surface area (Å²) in [4.78, 5) is 0. The van der Waals surface area contributed by atoms with Crippen molar-refractivity contribution in [1.29, 1.82) is 0 Å². The standard InChI is InChI=1S/C13H28O2/c1-11(2)7-6-8-12(3)9-10-13(14-4)15-5/h11-13H,6-10H2,1-5H3. The summed E-state index contributed by atoms with van der Waals surface area (Å²) in [5, 5.41) is 0. The Balaban J connectivity index is 3.43. The maximum Gasteiger partial charge on any atom is 0.156 e. The molecular formula is C13H28O2. The van der Waals surface area contributed by atoms with Crippen LogP contribution in [-0.2, 0) is 9.47 Å². The summed E-state index contributed by atoms with van der Waals surface area (Å²) in [7, 11) is 3.41. The van der Waals surface area contributed by atoms with Crippen LogP contribution in [0, 0.1) is 11.8 Å². The molecule has 0 radical (unpaired) electrons. The molecule has 15 heavy (non-hydrogen) atoms. The van der Waals surface area contributed by atoms with Crippen LogP contribution in [0.5, 0.6) is 0 Å². The van der Waals surface area contributed by atoms with Crippen LogP contribution in [0.3, 0.4) is 0 Å². The summed E-state index contributed by atoms with van der Waals surface area (Å²) in [6.07, 6.45) is 6.22. The molecule has 2 heteroatoms.